The third-order valence-corrected chi connectivity index (χ3v) is 4.70. The second kappa shape index (κ2) is 8.37. The maximum atomic E-state index is 12.5. The summed E-state index contributed by atoms with van der Waals surface area (Å²) in [5.74, 6) is -0.308. The van der Waals surface area contributed by atoms with Crippen molar-refractivity contribution in [3.05, 3.63) is 29.3 Å². The molecule has 1 aliphatic rings. The van der Waals surface area contributed by atoms with E-state index in [-0.39, 0.29) is 12.0 Å². The first kappa shape index (κ1) is 20.0. The fraction of sp³-hybridized carbons (Fsp3) is 0.625. The third kappa shape index (κ3) is 5.86. The maximum absolute atomic E-state index is 12.5. The van der Waals surface area contributed by atoms with Crippen LogP contribution in [0, 0.1) is 6.92 Å². The van der Waals surface area contributed by atoms with E-state index in [1.165, 1.54) is 12.1 Å². The summed E-state index contributed by atoms with van der Waals surface area (Å²) in [5.41, 5.74) is -4.28. The number of ether oxygens (including phenoxy) is 2. The second-order valence-corrected chi connectivity index (χ2v) is 7.40. The molecule has 1 unspecified atom stereocenters. The van der Waals surface area contributed by atoms with Crippen molar-refractivity contribution in [2.24, 2.45) is 0 Å². The Labute approximate surface area is 145 Å². The standard InChI is InChI=1S/C16H21F3O5S/c1-12-7-8-14(24-25(20,21)16(17,18)19)13(11-12)5-4-10-23-15-6-2-3-9-22-15/h7-8,11,15H,2-6,9-10H2,1H3. The average Bonchev–Trinajstić information content (AvgIpc) is 2.53. The van der Waals surface area contributed by atoms with Gasteiger partial charge in [-0.25, -0.2) is 0 Å². The van der Waals surface area contributed by atoms with Gasteiger partial charge in [0.1, 0.15) is 5.75 Å². The summed E-state index contributed by atoms with van der Waals surface area (Å²) in [6.07, 6.45) is 3.46. The zero-order valence-electron chi connectivity index (χ0n) is 13.8. The quantitative estimate of drug-likeness (QED) is 0.409. The zero-order valence-corrected chi connectivity index (χ0v) is 14.7. The molecule has 0 N–H and O–H groups in total. The lowest BCUT2D eigenvalue weighted by molar-refractivity contribution is -0.162. The molecule has 1 fully saturated rings. The minimum atomic E-state index is -5.69. The Kier molecular flexibility index (Phi) is 6.70. The van der Waals surface area contributed by atoms with E-state index in [9.17, 15) is 21.6 Å². The SMILES string of the molecule is Cc1ccc(OS(=O)(=O)C(F)(F)F)c(CCCOC2CCCCO2)c1. The predicted octanol–water partition coefficient (Wildman–Crippen LogP) is 3.70. The normalized spacial score (nSPS) is 19.0. The molecule has 5 nitrogen and oxygen atoms in total. The number of hydrogen-bond donors (Lipinski definition) is 0. The summed E-state index contributed by atoms with van der Waals surface area (Å²) in [6.45, 7) is 2.79. The Morgan fingerprint density at radius 2 is 2.04 bits per heavy atom. The van der Waals surface area contributed by atoms with Crippen LogP contribution >= 0.6 is 0 Å². The molecule has 0 aliphatic carbocycles. The molecular weight excluding hydrogens is 361 g/mol. The van der Waals surface area contributed by atoms with Gasteiger partial charge in [0.15, 0.2) is 6.29 Å². The molecule has 0 aromatic heterocycles. The number of aryl methyl sites for hydroxylation is 2. The van der Waals surface area contributed by atoms with Crippen molar-refractivity contribution in [1.29, 1.82) is 0 Å². The fourth-order valence-electron chi connectivity index (χ4n) is 2.47. The van der Waals surface area contributed by atoms with E-state index in [0.717, 1.165) is 24.8 Å². The van der Waals surface area contributed by atoms with Crippen LogP contribution in [0.2, 0.25) is 0 Å². The Bertz CT molecular complexity index is 667. The van der Waals surface area contributed by atoms with E-state index in [4.69, 9.17) is 9.47 Å². The van der Waals surface area contributed by atoms with Crippen LogP contribution in [0.5, 0.6) is 5.75 Å². The summed E-state index contributed by atoms with van der Waals surface area (Å²) in [4.78, 5) is 0. The Hall–Kier alpha value is -1.32. The molecular formula is C16H21F3O5S. The molecule has 1 saturated heterocycles. The molecule has 0 radical (unpaired) electrons. The van der Waals surface area contributed by atoms with E-state index in [0.29, 0.717) is 31.6 Å². The lowest BCUT2D eigenvalue weighted by Crippen LogP contribution is -2.28. The minimum Gasteiger partial charge on any atom is -0.376 e. The van der Waals surface area contributed by atoms with Gasteiger partial charge < -0.3 is 13.7 Å². The summed E-state index contributed by atoms with van der Waals surface area (Å²) in [5, 5.41) is 0. The topological polar surface area (TPSA) is 61.8 Å². The highest BCUT2D eigenvalue weighted by Gasteiger charge is 2.48. The Morgan fingerprint density at radius 1 is 1.28 bits per heavy atom. The van der Waals surface area contributed by atoms with E-state index in [1.807, 2.05) is 0 Å². The van der Waals surface area contributed by atoms with E-state index < -0.39 is 15.6 Å². The van der Waals surface area contributed by atoms with Crippen molar-refractivity contribution in [2.45, 2.75) is 50.8 Å². The van der Waals surface area contributed by atoms with E-state index in [2.05, 4.69) is 4.18 Å². The van der Waals surface area contributed by atoms with E-state index >= 15 is 0 Å². The van der Waals surface area contributed by atoms with Crippen molar-refractivity contribution in [3.8, 4) is 5.75 Å². The number of halogens is 3. The summed E-state index contributed by atoms with van der Waals surface area (Å²) in [7, 11) is -5.69. The van der Waals surface area contributed by atoms with Crippen LogP contribution in [0.4, 0.5) is 13.2 Å². The van der Waals surface area contributed by atoms with Crippen molar-refractivity contribution < 1.29 is 35.2 Å². The molecule has 0 spiro atoms. The van der Waals surface area contributed by atoms with Gasteiger partial charge >= 0.3 is 15.6 Å². The summed E-state index contributed by atoms with van der Waals surface area (Å²) >= 11 is 0. The first-order chi connectivity index (χ1) is 11.7. The molecule has 2 rings (SSSR count). The van der Waals surface area contributed by atoms with Gasteiger partial charge in [-0.15, -0.1) is 0 Å². The van der Waals surface area contributed by atoms with Gasteiger partial charge in [-0.1, -0.05) is 17.7 Å². The first-order valence-electron chi connectivity index (χ1n) is 8.02. The highest BCUT2D eigenvalue weighted by atomic mass is 32.2. The van der Waals surface area contributed by atoms with Crippen molar-refractivity contribution in [3.63, 3.8) is 0 Å². The number of benzene rings is 1. The van der Waals surface area contributed by atoms with Crippen LogP contribution in [0.15, 0.2) is 18.2 Å². The van der Waals surface area contributed by atoms with Crippen molar-refractivity contribution >= 4 is 10.1 Å². The molecule has 1 heterocycles. The number of hydrogen-bond acceptors (Lipinski definition) is 5. The molecule has 1 aromatic carbocycles. The van der Waals surface area contributed by atoms with Crippen LogP contribution in [0.3, 0.4) is 0 Å². The molecule has 1 aliphatic heterocycles. The highest BCUT2D eigenvalue weighted by molar-refractivity contribution is 7.88. The molecule has 1 aromatic rings. The van der Waals surface area contributed by atoms with Gasteiger partial charge in [0.25, 0.3) is 0 Å². The lowest BCUT2D eigenvalue weighted by Gasteiger charge is -2.22. The number of rotatable bonds is 7. The minimum absolute atomic E-state index is 0.243. The van der Waals surface area contributed by atoms with Crippen LogP contribution in [-0.2, 0) is 26.0 Å². The van der Waals surface area contributed by atoms with Crippen LogP contribution in [0.25, 0.3) is 0 Å². The molecule has 9 heteroatoms. The van der Waals surface area contributed by atoms with Gasteiger partial charge in [0.05, 0.1) is 6.61 Å². The first-order valence-corrected chi connectivity index (χ1v) is 9.43. The van der Waals surface area contributed by atoms with Gasteiger partial charge in [0, 0.05) is 6.61 Å². The Balaban J connectivity index is 1.96. The monoisotopic (exact) mass is 382 g/mol. The van der Waals surface area contributed by atoms with Gasteiger partial charge in [-0.2, -0.15) is 21.6 Å². The van der Waals surface area contributed by atoms with Crippen molar-refractivity contribution in [2.75, 3.05) is 13.2 Å². The highest BCUT2D eigenvalue weighted by Crippen LogP contribution is 2.30. The average molecular weight is 382 g/mol. The summed E-state index contributed by atoms with van der Waals surface area (Å²) in [6, 6.07) is 4.34. The molecule has 0 saturated carbocycles. The Morgan fingerprint density at radius 3 is 2.68 bits per heavy atom. The van der Waals surface area contributed by atoms with Gasteiger partial charge in [0.2, 0.25) is 0 Å². The van der Waals surface area contributed by atoms with Crippen LogP contribution in [0.1, 0.15) is 36.8 Å². The summed E-state index contributed by atoms with van der Waals surface area (Å²) < 4.78 is 75.2. The van der Waals surface area contributed by atoms with Gasteiger partial charge in [-0.3, -0.25) is 0 Å². The second-order valence-electron chi connectivity index (χ2n) is 5.86. The van der Waals surface area contributed by atoms with Crippen molar-refractivity contribution in [1.82, 2.24) is 0 Å². The zero-order chi connectivity index (χ0) is 18.5. The smallest absolute Gasteiger partial charge is 0.376 e. The van der Waals surface area contributed by atoms with Gasteiger partial charge in [-0.05, 0) is 50.7 Å². The predicted molar refractivity (Wildman–Crippen MR) is 84.6 cm³/mol. The molecule has 0 amide bonds. The van der Waals surface area contributed by atoms with E-state index in [1.54, 1.807) is 13.0 Å². The number of alkyl halides is 3. The fourth-order valence-corrected chi connectivity index (χ4v) is 2.96. The molecule has 1 atom stereocenters. The third-order valence-electron chi connectivity index (χ3n) is 3.73. The largest absolute Gasteiger partial charge is 0.534 e. The molecule has 142 valence electrons. The van der Waals surface area contributed by atoms with Crippen LogP contribution < -0.4 is 4.18 Å². The molecule has 25 heavy (non-hydrogen) atoms. The van der Waals surface area contributed by atoms with Crippen LogP contribution in [-0.4, -0.2) is 33.4 Å². The maximum Gasteiger partial charge on any atom is 0.534 e. The molecule has 0 bridgehead atoms. The lowest BCUT2D eigenvalue weighted by atomic mass is 10.1.